The lowest BCUT2D eigenvalue weighted by Gasteiger charge is -2.04. The highest BCUT2D eigenvalue weighted by molar-refractivity contribution is 7.98. The van der Waals surface area contributed by atoms with Crippen molar-refractivity contribution in [3.8, 4) is 0 Å². The third kappa shape index (κ3) is 2.49. The van der Waals surface area contributed by atoms with E-state index in [1.54, 1.807) is 17.8 Å². The molecule has 0 atom stereocenters. The Kier molecular flexibility index (Phi) is 3.53. The summed E-state index contributed by atoms with van der Waals surface area (Å²) in [6.45, 7) is 2.80. The Balaban J connectivity index is 1.65. The maximum absolute atomic E-state index is 13.9. The lowest BCUT2D eigenvalue weighted by Crippen LogP contribution is -2.00. The van der Waals surface area contributed by atoms with E-state index in [1.165, 1.54) is 6.07 Å². The lowest BCUT2D eigenvalue weighted by molar-refractivity contribution is 0.637. The predicted octanol–water partition coefficient (Wildman–Crippen LogP) is 4.36. The number of nitrogens with zero attached hydrogens (tertiary/aromatic N) is 3. The molecule has 4 nitrogen and oxygen atoms in total. The van der Waals surface area contributed by atoms with E-state index in [2.05, 4.69) is 15.0 Å². The smallest absolute Gasteiger partial charge is 0.166 e. The average Bonchev–Trinajstić information content (AvgIpc) is 3.14. The SMILES string of the molecule is CCn1c(CSc2nc3ccccc3[nH]2)nc2c(F)cccc21. The van der Waals surface area contributed by atoms with Crippen molar-refractivity contribution in [3.63, 3.8) is 0 Å². The quantitative estimate of drug-likeness (QED) is 0.567. The number of H-pyrrole nitrogens is 1. The summed E-state index contributed by atoms with van der Waals surface area (Å²) < 4.78 is 16.0. The molecule has 0 saturated heterocycles. The highest BCUT2D eigenvalue weighted by Crippen LogP contribution is 2.26. The van der Waals surface area contributed by atoms with E-state index in [1.807, 2.05) is 41.8 Å². The number of aryl methyl sites for hydroxylation is 1. The summed E-state index contributed by atoms with van der Waals surface area (Å²) >= 11 is 1.58. The molecular weight excluding hydrogens is 311 g/mol. The number of hydrogen-bond acceptors (Lipinski definition) is 3. The first-order valence-electron chi connectivity index (χ1n) is 7.47. The van der Waals surface area contributed by atoms with Crippen LogP contribution in [0.15, 0.2) is 47.6 Å². The van der Waals surface area contributed by atoms with Crippen molar-refractivity contribution < 1.29 is 4.39 Å². The number of para-hydroxylation sites is 3. The molecule has 116 valence electrons. The van der Waals surface area contributed by atoms with Gasteiger partial charge in [0.25, 0.3) is 0 Å². The second-order valence-electron chi connectivity index (χ2n) is 5.23. The van der Waals surface area contributed by atoms with Gasteiger partial charge >= 0.3 is 0 Å². The van der Waals surface area contributed by atoms with Gasteiger partial charge in [-0.3, -0.25) is 0 Å². The Labute approximate surface area is 136 Å². The van der Waals surface area contributed by atoms with Gasteiger partial charge in [0, 0.05) is 6.54 Å². The van der Waals surface area contributed by atoms with E-state index in [0.717, 1.165) is 34.1 Å². The number of hydrogen-bond donors (Lipinski definition) is 1. The summed E-state index contributed by atoms with van der Waals surface area (Å²) in [5, 5.41) is 0.849. The molecular formula is C17H15FN4S. The summed E-state index contributed by atoms with van der Waals surface area (Å²) in [5.74, 6) is 1.23. The van der Waals surface area contributed by atoms with Crippen LogP contribution in [-0.4, -0.2) is 19.5 Å². The predicted molar refractivity (Wildman–Crippen MR) is 91.0 cm³/mol. The van der Waals surface area contributed by atoms with Crippen LogP contribution in [0.1, 0.15) is 12.7 Å². The first kappa shape index (κ1) is 14.3. The fraction of sp³-hybridized carbons (Fsp3) is 0.176. The summed E-state index contributed by atoms with van der Waals surface area (Å²) in [7, 11) is 0. The Bertz CT molecular complexity index is 956. The summed E-state index contributed by atoms with van der Waals surface area (Å²) in [6.07, 6.45) is 0. The van der Waals surface area contributed by atoms with Gasteiger partial charge in [-0.05, 0) is 31.2 Å². The van der Waals surface area contributed by atoms with E-state index < -0.39 is 0 Å². The molecule has 0 aliphatic heterocycles. The zero-order valence-corrected chi connectivity index (χ0v) is 13.4. The number of aromatic nitrogens is 4. The maximum Gasteiger partial charge on any atom is 0.166 e. The van der Waals surface area contributed by atoms with Crippen molar-refractivity contribution >= 4 is 33.8 Å². The van der Waals surface area contributed by atoms with Gasteiger partial charge in [0.05, 0.1) is 22.3 Å². The van der Waals surface area contributed by atoms with E-state index in [0.29, 0.717) is 11.3 Å². The van der Waals surface area contributed by atoms with Crippen molar-refractivity contribution in [2.24, 2.45) is 0 Å². The maximum atomic E-state index is 13.9. The molecule has 4 rings (SSSR count). The highest BCUT2D eigenvalue weighted by atomic mass is 32.2. The number of thioether (sulfide) groups is 1. The van der Waals surface area contributed by atoms with Crippen molar-refractivity contribution in [2.45, 2.75) is 24.4 Å². The summed E-state index contributed by atoms with van der Waals surface area (Å²) in [4.78, 5) is 12.3. The van der Waals surface area contributed by atoms with Crippen LogP contribution in [0.25, 0.3) is 22.1 Å². The Morgan fingerprint density at radius 2 is 2.00 bits per heavy atom. The molecule has 0 unspecified atom stereocenters. The largest absolute Gasteiger partial charge is 0.333 e. The molecule has 0 bridgehead atoms. The van der Waals surface area contributed by atoms with Gasteiger partial charge in [-0.25, -0.2) is 14.4 Å². The molecule has 0 aliphatic carbocycles. The van der Waals surface area contributed by atoms with Crippen LogP contribution in [0, 0.1) is 5.82 Å². The van der Waals surface area contributed by atoms with Crippen LogP contribution in [0.4, 0.5) is 4.39 Å². The second-order valence-corrected chi connectivity index (χ2v) is 6.19. The van der Waals surface area contributed by atoms with Crippen LogP contribution < -0.4 is 0 Å². The van der Waals surface area contributed by atoms with E-state index in [9.17, 15) is 4.39 Å². The number of halogens is 1. The van der Waals surface area contributed by atoms with Gasteiger partial charge in [-0.1, -0.05) is 30.0 Å². The minimum Gasteiger partial charge on any atom is -0.333 e. The van der Waals surface area contributed by atoms with Crippen LogP contribution in [0.5, 0.6) is 0 Å². The van der Waals surface area contributed by atoms with Crippen LogP contribution >= 0.6 is 11.8 Å². The fourth-order valence-corrected chi connectivity index (χ4v) is 3.59. The molecule has 1 N–H and O–H groups in total. The molecule has 2 aromatic heterocycles. The van der Waals surface area contributed by atoms with E-state index >= 15 is 0 Å². The number of fused-ring (bicyclic) bond motifs is 2. The summed E-state index contributed by atoms with van der Waals surface area (Å²) in [6, 6.07) is 13.0. The molecule has 0 radical (unpaired) electrons. The highest BCUT2D eigenvalue weighted by Gasteiger charge is 2.13. The second kappa shape index (κ2) is 5.70. The first-order valence-corrected chi connectivity index (χ1v) is 8.46. The topological polar surface area (TPSA) is 46.5 Å². The number of rotatable bonds is 4. The molecule has 4 aromatic rings. The normalized spacial score (nSPS) is 11.6. The van der Waals surface area contributed by atoms with Gasteiger partial charge in [0.15, 0.2) is 11.0 Å². The lowest BCUT2D eigenvalue weighted by atomic mass is 10.3. The molecule has 23 heavy (non-hydrogen) atoms. The minimum absolute atomic E-state index is 0.273. The zero-order chi connectivity index (χ0) is 15.8. The van der Waals surface area contributed by atoms with Crippen molar-refractivity contribution in [1.29, 1.82) is 0 Å². The molecule has 0 fully saturated rings. The molecule has 2 heterocycles. The van der Waals surface area contributed by atoms with Crippen LogP contribution in [0.3, 0.4) is 0 Å². The van der Waals surface area contributed by atoms with E-state index in [4.69, 9.17) is 0 Å². The number of imidazole rings is 2. The Morgan fingerprint density at radius 3 is 2.83 bits per heavy atom. The molecule has 2 aromatic carbocycles. The standard InChI is InChI=1S/C17H15FN4S/c1-2-22-14-9-5-6-11(18)16(14)21-15(22)10-23-17-19-12-7-3-4-8-13(12)20-17/h3-9H,2,10H2,1H3,(H,19,20). The number of nitrogens with one attached hydrogen (secondary N) is 1. The van der Waals surface area contributed by atoms with Gasteiger partial charge in [0.2, 0.25) is 0 Å². The molecule has 0 aliphatic rings. The number of aromatic amines is 1. The van der Waals surface area contributed by atoms with E-state index in [-0.39, 0.29) is 5.82 Å². The molecule has 0 saturated carbocycles. The van der Waals surface area contributed by atoms with Crippen molar-refractivity contribution in [1.82, 2.24) is 19.5 Å². The van der Waals surface area contributed by atoms with Crippen LogP contribution in [0.2, 0.25) is 0 Å². The third-order valence-corrected chi connectivity index (χ3v) is 4.70. The van der Waals surface area contributed by atoms with Gasteiger partial charge in [0.1, 0.15) is 11.3 Å². The number of benzene rings is 2. The average molecular weight is 326 g/mol. The molecule has 0 spiro atoms. The third-order valence-electron chi connectivity index (χ3n) is 3.83. The Morgan fingerprint density at radius 1 is 1.13 bits per heavy atom. The molecule has 6 heteroatoms. The monoisotopic (exact) mass is 326 g/mol. The van der Waals surface area contributed by atoms with Gasteiger partial charge < -0.3 is 9.55 Å². The zero-order valence-electron chi connectivity index (χ0n) is 12.6. The van der Waals surface area contributed by atoms with Gasteiger partial charge in [-0.2, -0.15) is 0 Å². The first-order chi connectivity index (χ1) is 11.3. The minimum atomic E-state index is -0.273. The van der Waals surface area contributed by atoms with Crippen LogP contribution in [-0.2, 0) is 12.3 Å². The summed E-state index contributed by atoms with van der Waals surface area (Å²) in [5.41, 5.74) is 3.25. The van der Waals surface area contributed by atoms with Gasteiger partial charge in [-0.15, -0.1) is 0 Å². The Hall–Kier alpha value is -2.34. The van der Waals surface area contributed by atoms with Crippen molar-refractivity contribution in [3.05, 3.63) is 54.1 Å². The van der Waals surface area contributed by atoms with Crippen molar-refractivity contribution in [2.75, 3.05) is 0 Å². The fourth-order valence-electron chi connectivity index (χ4n) is 2.75. The molecule has 0 amide bonds.